The maximum atomic E-state index is 7.25. The molecular formula is C49H90O10P2. The highest BCUT2D eigenvalue weighted by atomic mass is 31.2. The van der Waals surface area contributed by atoms with Gasteiger partial charge in [0.1, 0.15) is 0 Å². The van der Waals surface area contributed by atoms with E-state index >= 15 is 0 Å². The third kappa shape index (κ3) is 11.8. The van der Waals surface area contributed by atoms with Gasteiger partial charge in [0, 0.05) is 34.9 Å². The van der Waals surface area contributed by atoms with Crippen molar-refractivity contribution in [1.82, 2.24) is 0 Å². The van der Waals surface area contributed by atoms with Crippen LogP contribution in [0.5, 0.6) is 0 Å². The summed E-state index contributed by atoms with van der Waals surface area (Å²) in [6.45, 7) is 32.5. The van der Waals surface area contributed by atoms with Gasteiger partial charge in [-0.05, 0) is 134 Å². The Morgan fingerprint density at radius 2 is 0.607 bits per heavy atom. The highest BCUT2D eigenvalue weighted by Crippen LogP contribution is 2.63. The highest BCUT2D eigenvalue weighted by molar-refractivity contribution is 7.42. The summed E-state index contributed by atoms with van der Waals surface area (Å²) in [7, 11) is 4.20. The Labute approximate surface area is 375 Å². The van der Waals surface area contributed by atoms with Crippen LogP contribution in [0, 0.1) is 69.0 Å². The van der Waals surface area contributed by atoms with E-state index in [9.17, 15) is 0 Å². The third-order valence-corrected chi connectivity index (χ3v) is 19.1. The Bertz CT molecular complexity index is 1200. The maximum absolute atomic E-state index is 7.25. The standard InChI is InChI=1S/C49H90O10P2/c1-28(54-60-56-42-34(20-30(50-15)24-38(42)46(3,4)5)35-21-31(51-16)25-39(43(35)57-60)47(6,7)8)19-29(2)55-61-58-44-36(22-32(52-17)26-40(44)48(9,10)11)37-23-33(53-18)27-41(45(37)59-61)49(12,13)14/h28-45H,19-27H2,1-18H3/t28-,29-,30?,31?,32?,33?,34?,35?,36?,37?,38?,39?,40?,41?,42?,43?,44?,45?,60?,61?/m0/s1. The van der Waals surface area contributed by atoms with Gasteiger partial charge in [0.25, 0.3) is 0 Å². The average Bonchev–Trinajstić information content (AvgIpc) is 3.41. The molecule has 4 saturated carbocycles. The first-order valence-electron chi connectivity index (χ1n) is 24.1. The molecule has 356 valence electrons. The van der Waals surface area contributed by atoms with Crippen molar-refractivity contribution in [2.45, 2.75) is 216 Å². The predicted octanol–water partition coefficient (Wildman–Crippen LogP) is 12.6. The first-order chi connectivity index (χ1) is 28.4. The zero-order valence-electron chi connectivity index (χ0n) is 41.7. The predicted molar refractivity (Wildman–Crippen MR) is 245 cm³/mol. The maximum Gasteiger partial charge on any atom is 0.333 e. The lowest BCUT2D eigenvalue weighted by molar-refractivity contribution is -0.120. The van der Waals surface area contributed by atoms with Crippen LogP contribution in [0.25, 0.3) is 0 Å². The zero-order valence-corrected chi connectivity index (χ0v) is 43.5. The summed E-state index contributed by atoms with van der Waals surface area (Å²) in [6, 6.07) is 0. The van der Waals surface area contributed by atoms with Crippen LogP contribution >= 0.6 is 17.2 Å². The molecule has 2 aliphatic heterocycles. The Morgan fingerprint density at radius 1 is 0.393 bits per heavy atom. The summed E-state index contributed by atoms with van der Waals surface area (Å²) >= 11 is 0. The van der Waals surface area contributed by atoms with Gasteiger partial charge in [0.05, 0.1) is 61.0 Å². The molecule has 0 radical (unpaired) electrons. The van der Waals surface area contributed by atoms with Crippen LogP contribution in [0.4, 0.5) is 0 Å². The van der Waals surface area contributed by atoms with Gasteiger partial charge in [-0.1, -0.05) is 83.1 Å². The summed E-state index contributed by atoms with van der Waals surface area (Å²) in [6.07, 6.45) is 8.84. The second kappa shape index (κ2) is 20.0. The van der Waals surface area contributed by atoms with Gasteiger partial charge in [0.2, 0.25) is 0 Å². The zero-order chi connectivity index (χ0) is 45.0. The van der Waals surface area contributed by atoms with Crippen LogP contribution in [0.2, 0.25) is 0 Å². The van der Waals surface area contributed by atoms with E-state index in [0.717, 1.165) is 51.4 Å². The second-order valence-electron chi connectivity index (χ2n) is 24.7. The fraction of sp³-hybridized carbons (Fsp3) is 1.00. The molecule has 12 heteroatoms. The van der Waals surface area contributed by atoms with E-state index in [1.165, 1.54) is 0 Å². The van der Waals surface area contributed by atoms with Crippen molar-refractivity contribution in [2.75, 3.05) is 28.4 Å². The fourth-order valence-electron chi connectivity index (χ4n) is 12.8. The smallest absolute Gasteiger partial charge is 0.333 e. The van der Waals surface area contributed by atoms with Crippen molar-refractivity contribution < 1.29 is 46.1 Å². The van der Waals surface area contributed by atoms with Gasteiger partial charge in [-0.25, -0.2) is 0 Å². The van der Waals surface area contributed by atoms with Crippen LogP contribution in [0.15, 0.2) is 0 Å². The first kappa shape index (κ1) is 50.9. The topological polar surface area (TPSA) is 92.3 Å². The molecule has 4 aliphatic carbocycles. The fourth-order valence-corrected chi connectivity index (χ4v) is 15.9. The molecule has 0 aromatic rings. The van der Waals surface area contributed by atoms with Gasteiger partial charge in [0.15, 0.2) is 0 Å². The van der Waals surface area contributed by atoms with Crippen LogP contribution in [-0.4, -0.2) is 89.5 Å². The van der Waals surface area contributed by atoms with Crippen molar-refractivity contribution in [2.24, 2.45) is 69.0 Å². The van der Waals surface area contributed by atoms with Crippen LogP contribution in [0.1, 0.15) is 155 Å². The van der Waals surface area contributed by atoms with Crippen molar-refractivity contribution >= 4 is 17.2 Å². The summed E-state index contributed by atoms with van der Waals surface area (Å²) in [5, 5.41) is 0. The van der Waals surface area contributed by atoms with E-state index in [4.69, 9.17) is 46.1 Å². The van der Waals surface area contributed by atoms with Crippen LogP contribution in [-0.2, 0) is 46.1 Å². The van der Waals surface area contributed by atoms with Gasteiger partial charge in [-0.2, -0.15) is 0 Å². The molecule has 10 nitrogen and oxygen atoms in total. The summed E-state index contributed by atoms with van der Waals surface area (Å²) in [4.78, 5) is 0. The Hall–Kier alpha value is 0.460. The molecule has 61 heavy (non-hydrogen) atoms. The summed E-state index contributed by atoms with van der Waals surface area (Å²) in [5.74, 6) is 2.35. The molecule has 6 fully saturated rings. The Morgan fingerprint density at radius 3 is 0.787 bits per heavy atom. The molecule has 2 saturated heterocycles. The second-order valence-corrected chi connectivity index (χ2v) is 26.8. The molecule has 2 heterocycles. The largest absolute Gasteiger partial charge is 0.381 e. The molecule has 6 rings (SSSR count). The highest BCUT2D eigenvalue weighted by Gasteiger charge is 2.59. The van der Waals surface area contributed by atoms with Crippen molar-refractivity contribution in [1.29, 1.82) is 0 Å². The molecule has 0 bridgehead atoms. The Balaban J connectivity index is 1.24. The van der Waals surface area contributed by atoms with Gasteiger partial charge in [-0.15, -0.1) is 0 Å². The molecule has 16 unspecified atom stereocenters. The van der Waals surface area contributed by atoms with E-state index in [-0.39, 0.29) is 106 Å². The Kier molecular flexibility index (Phi) is 16.7. The van der Waals surface area contributed by atoms with Gasteiger partial charge in [-0.3, -0.25) is 0 Å². The van der Waals surface area contributed by atoms with E-state index in [2.05, 4.69) is 96.9 Å². The lowest BCUT2D eigenvalue weighted by Crippen LogP contribution is -2.53. The molecule has 18 atom stereocenters. The molecule has 0 aromatic heterocycles. The lowest BCUT2D eigenvalue weighted by atomic mass is 9.57. The van der Waals surface area contributed by atoms with E-state index in [0.29, 0.717) is 30.1 Å². The van der Waals surface area contributed by atoms with Crippen molar-refractivity contribution in [3.8, 4) is 0 Å². The van der Waals surface area contributed by atoms with Crippen LogP contribution < -0.4 is 0 Å². The van der Waals surface area contributed by atoms with Crippen LogP contribution in [0.3, 0.4) is 0 Å². The third-order valence-electron chi connectivity index (χ3n) is 16.4. The average molecular weight is 901 g/mol. The number of methoxy groups -OCH3 is 4. The SMILES string of the molecule is COC1CC2C3CC(OC)CC(C(C)(C)C)C3OP(O[C@@H](C)C[C@H](C)OP3OC4C(CC(OC)CC4C(C)(C)C)C4CC(OC)CC(C(C)(C)C)C4O3)OC2C(C(C)(C)C)C1. The number of hydrogen-bond donors (Lipinski definition) is 0. The van der Waals surface area contributed by atoms with Gasteiger partial charge >= 0.3 is 17.2 Å². The van der Waals surface area contributed by atoms with Crippen molar-refractivity contribution in [3.63, 3.8) is 0 Å². The number of rotatable bonds is 10. The molecule has 0 N–H and O–H groups in total. The summed E-state index contributed by atoms with van der Waals surface area (Å²) in [5.41, 5.74) is 0.0959. The molecule has 0 amide bonds. The number of hydrogen-bond acceptors (Lipinski definition) is 10. The quantitative estimate of drug-likeness (QED) is 0.197. The molecule has 0 spiro atoms. The summed E-state index contributed by atoms with van der Waals surface area (Å²) < 4.78 is 67.6. The monoisotopic (exact) mass is 901 g/mol. The van der Waals surface area contributed by atoms with E-state index in [1.54, 1.807) is 0 Å². The normalized spacial score (nSPS) is 43.8. The molecular weight excluding hydrogens is 810 g/mol. The minimum Gasteiger partial charge on any atom is -0.381 e. The van der Waals surface area contributed by atoms with Crippen molar-refractivity contribution in [3.05, 3.63) is 0 Å². The minimum atomic E-state index is -1.65. The minimum absolute atomic E-state index is 0.00895. The van der Waals surface area contributed by atoms with Gasteiger partial charge < -0.3 is 46.1 Å². The van der Waals surface area contributed by atoms with E-state index < -0.39 is 17.2 Å². The molecule has 6 aliphatic rings. The number of fused-ring (bicyclic) bond motifs is 6. The lowest BCUT2D eigenvalue weighted by Gasteiger charge is -2.51. The molecule has 0 aromatic carbocycles. The van der Waals surface area contributed by atoms with E-state index in [1.807, 2.05) is 28.4 Å². The number of ether oxygens (including phenoxy) is 4. The first-order valence-corrected chi connectivity index (χ1v) is 26.3.